The molecular weight excluding hydrogens is 282 g/mol. The largest absolute Gasteiger partial charge is 0.295 e. The number of Topliss-reactive ketones (excluding diaryl/α,β-unsaturated/α-hetero) is 1. The maximum Gasteiger partial charge on any atom is 0.159 e. The van der Waals surface area contributed by atoms with E-state index < -0.39 is 0 Å². The van der Waals surface area contributed by atoms with E-state index >= 15 is 0 Å². The van der Waals surface area contributed by atoms with Crippen molar-refractivity contribution in [3.05, 3.63) is 70.2 Å². The molecule has 1 aliphatic heterocycles. The number of hydrogen-bond donors (Lipinski definition) is 0. The second kappa shape index (κ2) is 5.82. The molecule has 106 valence electrons. The van der Waals surface area contributed by atoms with Crippen LogP contribution in [0, 0.1) is 0 Å². The van der Waals surface area contributed by atoms with Gasteiger partial charge >= 0.3 is 0 Å². The second-order valence-electron chi connectivity index (χ2n) is 5.29. The summed E-state index contributed by atoms with van der Waals surface area (Å²) in [5.74, 6) is 0.0910. The molecule has 1 aliphatic rings. The van der Waals surface area contributed by atoms with E-state index in [-0.39, 0.29) is 11.8 Å². The van der Waals surface area contributed by atoms with Gasteiger partial charge < -0.3 is 0 Å². The molecule has 3 rings (SSSR count). The lowest BCUT2D eigenvalue weighted by molar-refractivity contribution is 0.101. The van der Waals surface area contributed by atoms with Gasteiger partial charge in [0.25, 0.3) is 0 Å². The van der Waals surface area contributed by atoms with E-state index in [1.807, 2.05) is 48.5 Å². The van der Waals surface area contributed by atoms with Gasteiger partial charge in [0.15, 0.2) is 5.78 Å². The maximum atomic E-state index is 11.3. The van der Waals surface area contributed by atoms with E-state index in [2.05, 4.69) is 0 Å². The molecule has 0 spiro atoms. The standard InChI is InChI=1S/C18H16ClNO/c1-12(21)13-6-8-14(9-7-13)17-10-11-18(20-17)15-4-2-3-5-16(15)19/h2-9,17H,10-11H2,1H3. The van der Waals surface area contributed by atoms with Crippen LogP contribution in [0.3, 0.4) is 0 Å². The number of carbonyl (C=O) groups excluding carboxylic acids is 1. The summed E-state index contributed by atoms with van der Waals surface area (Å²) in [6.07, 6.45) is 1.92. The SMILES string of the molecule is CC(=O)c1ccc(C2CCC(c3ccccc3Cl)=N2)cc1. The normalized spacial score (nSPS) is 17.6. The Hall–Kier alpha value is -1.93. The molecule has 2 aromatic rings. The van der Waals surface area contributed by atoms with Crippen molar-refractivity contribution >= 4 is 23.1 Å². The minimum atomic E-state index is 0.0910. The molecule has 0 amide bonds. The summed E-state index contributed by atoms with van der Waals surface area (Å²) in [6.45, 7) is 1.58. The van der Waals surface area contributed by atoms with Crippen molar-refractivity contribution in [2.45, 2.75) is 25.8 Å². The number of aliphatic imine (C=N–C) groups is 1. The molecule has 0 N–H and O–H groups in total. The number of hydrogen-bond acceptors (Lipinski definition) is 2. The minimum absolute atomic E-state index is 0.0910. The zero-order chi connectivity index (χ0) is 14.8. The van der Waals surface area contributed by atoms with Crippen molar-refractivity contribution < 1.29 is 4.79 Å². The van der Waals surface area contributed by atoms with E-state index in [0.717, 1.165) is 40.3 Å². The monoisotopic (exact) mass is 297 g/mol. The number of benzene rings is 2. The highest BCUT2D eigenvalue weighted by Crippen LogP contribution is 2.32. The van der Waals surface area contributed by atoms with Crippen molar-refractivity contribution in [3.8, 4) is 0 Å². The Morgan fingerprint density at radius 3 is 2.52 bits per heavy atom. The molecule has 0 aliphatic carbocycles. The predicted molar refractivity (Wildman–Crippen MR) is 86.4 cm³/mol. The molecule has 0 saturated carbocycles. The van der Waals surface area contributed by atoms with Crippen LogP contribution in [0.1, 0.15) is 47.3 Å². The van der Waals surface area contributed by atoms with Gasteiger partial charge in [0, 0.05) is 21.9 Å². The van der Waals surface area contributed by atoms with E-state index in [1.54, 1.807) is 6.92 Å². The Morgan fingerprint density at radius 1 is 1.14 bits per heavy atom. The summed E-state index contributed by atoms with van der Waals surface area (Å²) in [5, 5.41) is 0.754. The summed E-state index contributed by atoms with van der Waals surface area (Å²) in [7, 11) is 0. The number of carbonyl (C=O) groups is 1. The first-order chi connectivity index (χ1) is 10.1. The van der Waals surface area contributed by atoms with Crippen LogP contribution in [0.25, 0.3) is 0 Å². The van der Waals surface area contributed by atoms with E-state index in [0.29, 0.717) is 0 Å². The molecule has 2 aromatic carbocycles. The molecule has 1 unspecified atom stereocenters. The van der Waals surface area contributed by atoms with Crippen LogP contribution >= 0.6 is 11.6 Å². The Morgan fingerprint density at radius 2 is 1.86 bits per heavy atom. The van der Waals surface area contributed by atoms with Gasteiger partial charge in [-0.2, -0.15) is 0 Å². The van der Waals surface area contributed by atoms with Crippen molar-refractivity contribution in [1.29, 1.82) is 0 Å². The molecule has 1 atom stereocenters. The second-order valence-corrected chi connectivity index (χ2v) is 5.70. The fourth-order valence-corrected chi connectivity index (χ4v) is 2.92. The summed E-state index contributed by atoms with van der Waals surface area (Å²) in [5.41, 5.74) is 4.00. The Bertz CT molecular complexity index is 703. The van der Waals surface area contributed by atoms with Gasteiger partial charge in [0.2, 0.25) is 0 Å². The van der Waals surface area contributed by atoms with Gasteiger partial charge in [-0.25, -0.2) is 0 Å². The van der Waals surface area contributed by atoms with E-state index in [4.69, 9.17) is 16.6 Å². The molecular formula is C18H16ClNO. The molecule has 2 nitrogen and oxygen atoms in total. The molecule has 0 saturated heterocycles. The zero-order valence-electron chi connectivity index (χ0n) is 11.8. The maximum absolute atomic E-state index is 11.3. The third kappa shape index (κ3) is 2.91. The lowest BCUT2D eigenvalue weighted by Crippen LogP contribution is -1.96. The first kappa shape index (κ1) is 14.0. The van der Waals surface area contributed by atoms with Gasteiger partial charge in [0.1, 0.15) is 0 Å². The Balaban J connectivity index is 1.86. The highest BCUT2D eigenvalue weighted by Gasteiger charge is 2.21. The number of rotatable bonds is 3. The van der Waals surface area contributed by atoms with E-state index in [9.17, 15) is 4.79 Å². The third-order valence-corrected chi connectivity index (χ3v) is 4.18. The van der Waals surface area contributed by atoms with Crippen molar-refractivity contribution in [1.82, 2.24) is 0 Å². The average molecular weight is 298 g/mol. The molecule has 0 bridgehead atoms. The molecule has 21 heavy (non-hydrogen) atoms. The topological polar surface area (TPSA) is 29.4 Å². The summed E-state index contributed by atoms with van der Waals surface area (Å²) in [4.78, 5) is 16.1. The van der Waals surface area contributed by atoms with Gasteiger partial charge in [-0.3, -0.25) is 9.79 Å². The highest BCUT2D eigenvalue weighted by atomic mass is 35.5. The third-order valence-electron chi connectivity index (χ3n) is 3.85. The van der Waals surface area contributed by atoms with Gasteiger partial charge in [-0.1, -0.05) is 54.1 Å². The van der Waals surface area contributed by atoms with Crippen molar-refractivity contribution in [2.24, 2.45) is 4.99 Å². The first-order valence-corrected chi connectivity index (χ1v) is 7.45. The summed E-state index contributed by atoms with van der Waals surface area (Å²) >= 11 is 6.24. The lowest BCUT2D eigenvalue weighted by atomic mass is 10.0. The zero-order valence-corrected chi connectivity index (χ0v) is 12.6. The molecule has 0 aromatic heterocycles. The average Bonchev–Trinajstić information content (AvgIpc) is 2.97. The van der Waals surface area contributed by atoms with E-state index in [1.165, 1.54) is 0 Å². The number of ketones is 1. The highest BCUT2D eigenvalue weighted by molar-refractivity contribution is 6.34. The minimum Gasteiger partial charge on any atom is -0.295 e. The van der Waals surface area contributed by atoms with Crippen LogP contribution in [0.15, 0.2) is 53.5 Å². The van der Waals surface area contributed by atoms with Crippen LogP contribution in [0.5, 0.6) is 0 Å². The smallest absolute Gasteiger partial charge is 0.159 e. The molecule has 0 radical (unpaired) electrons. The Labute approximate surface area is 129 Å². The van der Waals surface area contributed by atoms with Gasteiger partial charge in [0.05, 0.1) is 6.04 Å². The van der Waals surface area contributed by atoms with Gasteiger partial charge in [-0.15, -0.1) is 0 Å². The first-order valence-electron chi connectivity index (χ1n) is 7.07. The molecule has 3 heteroatoms. The predicted octanol–water partition coefficient (Wildman–Crippen LogP) is 4.87. The number of halogens is 1. The van der Waals surface area contributed by atoms with Crippen molar-refractivity contribution in [2.75, 3.05) is 0 Å². The Kier molecular flexibility index (Phi) is 3.89. The summed E-state index contributed by atoms with van der Waals surface area (Å²) in [6, 6.07) is 15.7. The van der Waals surface area contributed by atoms with Crippen LogP contribution in [-0.2, 0) is 0 Å². The lowest BCUT2D eigenvalue weighted by Gasteiger charge is -2.07. The van der Waals surface area contributed by atoms with Crippen molar-refractivity contribution in [3.63, 3.8) is 0 Å². The van der Waals surface area contributed by atoms with Crippen LogP contribution in [-0.4, -0.2) is 11.5 Å². The van der Waals surface area contributed by atoms with Crippen LogP contribution < -0.4 is 0 Å². The fraction of sp³-hybridized carbons (Fsp3) is 0.222. The van der Waals surface area contributed by atoms with Crippen LogP contribution in [0.2, 0.25) is 5.02 Å². The quantitative estimate of drug-likeness (QED) is 0.743. The number of nitrogens with zero attached hydrogens (tertiary/aromatic N) is 1. The summed E-state index contributed by atoms with van der Waals surface area (Å²) < 4.78 is 0. The molecule has 0 fully saturated rings. The van der Waals surface area contributed by atoms with Crippen LogP contribution in [0.4, 0.5) is 0 Å². The van der Waals surface area contributed by atoms with Gasteiger partial charge in [-0.05, 0) is 31.4 Å². The fourth-order valence-electron chi connectivity index (χ4n) is 2.67. The molecule has 1 heterocycles.